The molecule has 0 aromatic rings. The summed E-state index contributed by atoms with van der Waals surface area (Å²) in [6, 6.07) is 0. The van der Waals surface area contributed by atoms with Crippen LogP contribution in [0.5, 0.6) is 0 Å². The van der Waals surface area contributed by atoms with Crippen molar-refractivity contribution in [3.63, 3.8) is 0 Å². The molecule has 0 aliphatic heterocycles. The van der Waals surface area contributed by atoms with E-state index in [0.717, 1.165) is 31.3 Å². The molecule has 3 heteroatoms. The van der Waals surface area contributed by atoms with Crippen LogP contribution in [0.25, 0.3) is 0 Å². The maximum absolute atomic E-state index is 10.6. The van der Waals surface area contributed by atoms with E-state index in [1.165, 1.54) is 0 Å². The molecule has 3 nitrogen and oxygen atoms in total. The van der Waals surface area contributed by atoms with Crippen molar-refractivity contribution < 1.29 is 9.53 Å². The first kappa shape index (κ1) is 12.0. The molecule has 0 saturated carbocycles. The molecule has 1 amide bonds. The van der Waals surface area contributed by atoms with E-state index in [1.807, 2.05) is 6.92 Å². The molecule has 76 valence electrons. The van der Waals surface area contributed by atoms with Gasteiger partial charge in [0, 0.05) is 0 Å². The van der Waals surface area contributed by atoms with Crippen LogP contribution >= 0.6 is 0 Å². The van der Waals surface area contributed by atoms with E-state index in [9.17, 15) is 4.79 Å². The zero-order valence-corrected chi connectivity index (χ0v) is 8.51. The average Bonchev–Trinajstić information content (AvgIpc) is 2.10. The highest BCUT2D eigenvalue weighted by Crippen LogP contribution is 2.15. The molecular weight excluding hydrogens is 166 g/mol. The SMILES string of the molecule is C=C(CC)C(CCCC)OC(N)=O. The number of hydrogen-bond donors (Lipinski definition) is 1. The number of primary amides is 1. The lowest BCUT2D eigenvalue weighted by atomic mass is 10.0. The molecule has 0 bridgehead atoms. The van der Waals surface area contributed by atoms with Gasteiger partial charge in [-0.2, -0.15) is 0 Å². The van der Waals surface area contributed by atoms with Crippen LogP contribution in [0, 0.1) is 0 Å². The smallest absolute Gasteiger partial charge is 0.405 e. The fraction of sp³-hybridized carbons (Fsp3) is 0.700. The molecule has 1 atom stereocenters. The molecule has 0 saturated heterocycles. The number of carbonyl (C=O) groups is 1. The van der Waals surface area contributed by atoms with Gasteiger partial charge in [-0.1, -0.05) is 26.8 Å². The van der Waals surface area contributed by atoms with Crippen molar-refractivity contribution in [1.82, 2.24) is 0 Å². The van der Waals surface area contributed by atoms with Gasteiger partial charge in [-0.15, -0.1) is 0 Å². The number of ether oxygens (including phenoxy) is 1. The Bertz CT molecular complexity index is 178. The van der Waals surface area contributed by atoms with E-state index < -0.39 is 6.09 Å². The third kappa shape index (κ3) is 5.28. The first-order chi connectivity index (χ1) is 6.11. The molecule has 0 heterocycles. The summed E-state index contributed by atoms with van der Waals surface area (Å²) in [4.78, 5) is 10.6. The number of nitrogens with two attached hydrogens (primary N) is 1. The molecule has 2 N–H and O–H groups in total. The summed E-state index contributed by atoms with van der Waals surface area (Å²) >= 11 is 0. The van der Waals surface area contributed by atoms with Crippen LogP contribution in [0.3, 0.4) is 0 Å². The van der Waals surface area contributed by atoms with Crippen molar-refractivity contribution in [3.05, 3.63) is 12.2 Å². The summed E-state index contributed by atoms with van der Waals surface area (Å²) in [6.45, 7) is 7.93. The van der Waals surface area contributed by atoms with Crippen molar-refractivity contribution in [3.8, 4) is 0 Å². The van der Waals surface area contributed by atoms with Crippen molar-refractivity contribution in [1.29, 1.82) is 0 Å². The monoisotopic (exact) mass is 185 g/mol. The minimum atomic E-state index is -0.712. The van der Waals surface area contributed by atoms with Gasteiger partial charge in [0.05, 0.1) is 0 Å². The van der Waals surface area contributed by atoms with Gasteiger partial charge in [-0.05, 0) is 24.8 Å². The summed E-state index contributed by atoms with van der Waals surface area (Å²) in [7, 11) is 0. The van der Waals surface area contributed by atoms with Gasteiger partial charge >= 0.3 is 6.09 Å². The predicted molar refractivity (Wildman–Crippen MR) is 53.4 cm³/mol. The average molecular weight is 185 g/mol. The van der Waals surface area contributed by atoms with E-state index in [-0.39, 0.29) is 6.10 Å². The Balaban J connectivity index is 4.02. The van der Waals surface area contributed by atoms with Crippen LogP contribution < -0.4 is 5.73 Å². The normalized spacial score (nSPS) is 12.2. The molecule has 0 fully saturated rings. The number of hydrogen-bond acceptors (Lipinski definition) is 2. The van der Waals surface area contributed by atoms with Crippen molar-refractivity contribution in [2.75, 3.05) is 0 Å². The molecule has 0 aliphatic rings. The van der Waals surface area contributed by atoms with Crippen LogP contribution in [0.15, 0.2) is 12.2 Å². The predicted octanol–water partition coefficient (Wildman–Crippen LogP) is 2.61. The van der Waals surface area contributed by atoms with Gasteiger partial charge < -0.3 is 10.5 Å². The van der Waals surface area contributed by atoms with E-state index in [0.29, 0.717) is 0 Å². The highest BCUT2D eigenvalue weighted by atomic mass is 16.6. The Morgan fingerprint density at radius 3 is 2.54 bits per heavy atom. The van der Waals surface area contributed by atoms with Gasteiger partial charge in [-0.3, -0.25) is 0 Å². The van der Waals surface area contributed by atoms with Crippen LogP contribution in [0.1, 0.15) is 39.5 Å². The molecule has 0 spiro atoms. The van der Waals surface area contributed by atoms with E-state index in [1.54, 1.807) is 0 Å². The van der Waals surface area contributed by atoms with Crippen molar-refractivity contribution >= 4 is 6.09 Å². The third-order valence-electron chi connectivity index (χ3n) is 1.99. The second-order valence-electron chi connectivity index (χ2n) is 3.08. The Hall–Kier alpha value is -0.990. The van der Waals surface area contributed by atoms with Crippen LogP contribution in [-0.4, -0.2) is 12.2 Å². The third-order valence-corrected chi connectivity index (χ3v) is 1.99. The Labute approximate surface area is 79.9 Å². The highest BCUT2D eigenvalue weighted by Gasteiger charge is 2.13. The Kier molecular flexibility index (Phi) is 6.02. The standard InChI is InChI=1S/C10H19NO2/c1-4-6-7-9(8(3)5-2)13-10(11)12/h9H,3-7H2,1-2H3,(H2,11,12). The Morgan fingerprint density at radius 1 is 1.54 bits per heavy atom. The molecular formula is C10H19NO2. The van der Waals surface area contributed by atoms with Crippen molar-refractivity contribution in [2.45, 2.75) is 45.6 Å². The maximum Gasteiger partial charge on any atom is 0.405 e. The second-order valence-corrected chi connectivity index (χ2v) is 3.08. The number of unbranched alkanes of at least 4 members (excludes halogenated alkanes) is 1. The van der Waals surface area contributed by atoms with Gasteiger partial charge in [0.2, 0.25) is 0 Å². The number of carbonyl (C=O) groups excluding carboxylic acids is 1. The second kappa shape index (κ2) is 6.52. The molecule has 1 unspecified atom stereocenters. The fourth-order valence-corrected chi connectivity index (χ4v) is 1.10. The first-order valence-electron chi connectivity index (χ1n) is 4.75. The van der Waals surface area contributed by atoms with Crippen LogP contribution in [0.2, 0.25) is 0 Å². The molecule has 0 rings (SSSR count). The summed E-state index contributed by atoms with van der Waals surface area (Å²) in [5.74, 6) is 0. The largest absolute Gasteiger partial charge is 0.442 e. The minimum Gasteiger partial charge on any atom is -0.442 e. The number of amides is 1. The van der Waals surface area contributed by atoms with Gasteiger partial charge in [0.25, 0.3) is 0 Å². The summed E-state index contributed by atoms with van der Waals surface area (Å²) < 4.78 is 4.94. The fourth-order valence-electron chi connectivity index (χ4n) is 1.10. The lowest BCUT2D eigenvalue weighted by Crippen LogP contribution is -2.24. The first-order valence-corrected chi connectivity index (χ1v) is 4.75. The maximum atomic E-state index is 10.6. The van der Waals surface area contributed by atoms with E-state index >= 15 is 0 Å². The van der Waals surface area contributed by atoms with Crippen molar-refractivity contribution in [2.24, 2.45) is 5.73 Å². The summed E-state index contributed by atoms with van der Waals surface area (Å²) in [6.07, 6.45) is 2.85. The van der Waals surface area contributed by atoms with Gasteiger partial charge in [0.15, 0.2) is 0 Å². The molecule has 13 heavy (non-hydrogen) atoms. The van der Waals surface area contributed by atoms with Crippen LogP contribution in [-0.2, 0) is 4.74 Å². The van der Waals surface area contributed by atoms with E-state index in [2.05, 4.69) is 13.5 Å². The van der Waals surface area contributed by atoms with E-state index in [4.69, 9.17) is 10.5 Å². The lowest BCUT2D eigenvalue weighted by molar-refractivity contribution is 0.117. The zero-order valence-electron chi connectivity index (χ0n) is 8.51. The summed E-state index contributed by atoms with van der Waals surface area (Å²) in [5, 5.41) is 0. The minimum absolute atomic E-state index is 0.192. The lowest BCUT2D eigenvalue weighted by Gasteiger charge is -2.17. The van der Waals surface area contributed by atoms with Gasteiger partial charge in [-0.25, -0.2) is 4.79 Å². The Morgan fingerprint density at radius 2 is 2.15 bits per heavy atom. The molecule has 0 aromatic carbocycles. The molecule has 0 radical (unpaired) electrons. The topological polar surface area (TPSA) is 52.3 Å². The highest BCUT2D eigenvalue weighted by molar-refractivity contribution is 5.65. The summed E-state index contributed by atoms with van der Waals surface area (Å²) in [5.41, 5.74) is 5.89. The molecule has 0 aliphatic carbocycles. The number of rotatable bonds is 6. The quantitative estimate of drug-likeness (QED) is 0.647. The zero-order chi connectivity index (χ0) is 10.3. The van der Waals surface area contributed by atoms with Gasteiger partial charge in [0.1, 0.15) is 6.10 Å². The van der Waals surface area contributed by atoms with Crippen LogP contribution in [0.4, 0.5) is 4.79 Å². The molecule has 0 aromatic heterocycles.